The molecule has 2 nitrogen and oxygen atoms in total. The van der Waals surface area contributed by atoms with Crippen LogP contribution in [0.25, 0.3) is 0 Å². The van der Waals surface area contributed by atoms with Crippen molar-refractivity contribution in [2.75, 3.05) is 5.88 Å². The van der Waals surface area contributed by atoms with Gasteiger partial charge in [-0.25, -0.2) is 0 Å². The van der Waals surface area contributed by atoms with Crippen LogP contribution in [0.1, 0.15) is 23.9 Å². The maximum Gasteiger partial charge on any atom is 0.0849 e. The summed E-state index contributed by atoms with van der Waals surface area (Å²) in [5.41, 5.74) is 3.37. The molecule has 4 heteroatoms. The summed E-state index contributed by atoms with van der Waals surface area (Å²) < 4.78 is 1.89. The van der Waals surface area contributed by atoms with Gasteiger partial charge in [-0.05, 0) is 30.7 Å². The van der Waals surface area contributed by atoms with Gasteiger partial charge < -0.3 is 0 Å². The maximum atomic E-state index is 6.41. The predicted octanol–water partition coefficient (Wildman–Crippen LogP) is 4.28. The van der Waals surface area contributed by atoms with E-state index in [0.717, 1.165) is 35.7 Å². The highest BCUT2D eigenvalue weighted by molar-refractivity contribution is 6.31. The zero-order valence-corrected chi connectivity index (χ0v) is 13.5. The van der Waals surface area contributed by atoms with Crippen LogP contribution < -0.4 is 0 Å². The molecule has 20 heavy (non-hydrogen) atoms. The standard InChI is InChI=1S/C16H20Cl2N2/c1-3-14-16(18)15(20(2)19-14)10-13(11-17)9-12-7-5-4-6-8-12/h4-8,13H,3,9-11H2,1-2H3. The number of aryl methyl sites for hydroxylation is 2. The van der Waals surface area contributed by atoms with Gasteiger partial charge in [0.05, 0.1) is 16.4 Å². The number of alkyl halides is 1. The SMILES string of the molecule is CCc1nn(C)c(CC(CCl)Cc2ccccc2)c1Cl. The van der Waals surface area contributed by atoms with E-state index in [4.69, 9.17) is 23.2 Å². The Morgan fingerprint density at radius 2 is 1.90 bits per heavy atom. The van der Waals surface area contributed by atoms with Crippen LogP contribution in [0.15, 0.2) is 30.3 Å². The molecule has 0 spiro atoms. The second kappa shape index (κ2) is 7.14. The van der Waals surface area contributed by atoms with Gasteiger partial charge in [-0.2, -0.15) is 5.10 Å². The molecule has 0 saturated heterocycles. The minimum absolute atomic E-state index is 0.372. The van der Waals surface area contributed by atoms with E-state index in [-0.39, 0.29) is 0 Å². The largest absolute Gasteiger partial charge is 0.271 e. The van der Waals surface area contributed by atoms with E-state index in [9.17, 15) is 0 Å². The van der Waals surface area contributed by atoms with Crippen molar-refractivity contribution >= 4 is 23.2 Å². The number of benzene rings is 1. The van der Waals surface area contributed by atoms with Crippen LogP contribution in [-0.2, 0) is 26.3 Å². The highest BCUT2D eigenvalue weighted by atomic mass is 35.5. The van der Waals surface area contributed by atoms with E-state index in [2.05, 4.69) is 36.3 Å². The molecule has 1 aromatic carbocycles. The van der Waals surface area contributed by atoms with Gasteiger partial charge in [0.2, 0.25) is 0 Å². The normalized spacial score (nSPS) is 12.6. The number of hydrogen-bond acceptors (Lipinski definition) is 1. The van der Waals surface area contributed by atoms with Crippen LogP contribution in [0.4, 0.5) is 0 Å². The Balaban J connectivity index is 2.12. The van der Waals surface area contributed by atoms with Gasteiger partial charge in [-0.3, -0.25) is 4.68 Å². The average Bonchev–Trinajstić information content (AvgIpc) is 2.74. The second-order valence-corrected chi connectivity index (χ2v) is 5.79. The lowest BCUT2D eigenvalue weighted by atomic mass is 9.96. The third-order valence-electron chi connectivity index (χ3n) is 3.57. The van der Waals surface area contributed by atoms with Crippen molar-refractivity contribution in [1.82, 2.24) is 9.78 Å². The van der Waals surface area contributed by atoms with E-state index in [1.165, 1.54) is 5.56 Å². The van der Waals surface area contributed by atoms with E-state index < -0.39 is 0 Å². The van der Waals surface area contributed by atoms with Crippen molar-refractivity contribution in [2.45, 2.75) is 26.2 Å². The Bertz CT molecular complexity index is 549. The molecule has 0 N–H and O–H groups in total. The first-order chi connectivity index (χ1) is 9.65. The predicted molar refractivity (Wildman–Crippen MR) is 85.7 cm³/mol. The first kappa shape index (κ1) is 15.4. The summed E-state index contributed by atoms with van der Waals surface area (Å²) in [6.45, 7) is 2.07. The van der Waals surface area contributed by atoms with Gasteiger partial charge in [-0.1, -0.05) is 48.9 Å². The molecule has 0 aliphatic rings. The number of nitrogens with zero attached hydrogens (tertiary/aromatic N) is 2. The van der Waals surface area contributed by atoms with Gasteiger partial charge in [0.25, 0.3) is 0 Å². The minimum atomic E-state index is 0.372. The lowest BCUT2D eigenvalue weighted by Gasteiger charge is -2.14. The smallest absolute Gasteiger partial charge is 0.0849 e. The molecule has 0 radical (unpaired) electrons. The van der Waals surface area contributed by atoms with E-state index in [1.807, 2.05) is 17.8 Å². The summed E-state index contributed by atoms with van der Waals surface area (Å²) >= 11 is 12.5. The van der Waals surface area contributed by atoms with Crippen molar-refractivity contribution in [3.05, 3.63) is 52.3 Å². The molecular formula is C16H20Cl2N2. The summed E-state index contributed by atoms with van der Waals surface area (Å²) in [6, 6.07) is 10.4. The van der Waals surface area contributed by atoms with Gasteiger partial charge in [0, 0.05) is 12.9 Å². The lowest BCUT2D eigenvalue weighted by molar-refractivity contribution is 0.551. The van der Waals surface area contributed by atoms with Crippen molar-refractivity contribution < 1.29 is 0 Å². The van der Waals surface area contributed by atoms with Crippen molar-refractivity contribution in [2.24, 2.45) is 13.0 Å². The summed E-state index contributed by atoms with van der Waals surface area (Å²) in [5.74, 6) is 0.995. The summed E-state index contributed by atoms with van der Waals surface area (Å²) in [7, 11) is 1.95. The Morgan fingerprint density at radius 1 is 1.20 bits per heavy atom. The molecule has 0 amide bonds. The zero-order chi connectivity index (χ0) is 14.5. The van der Waals surface area contributed by atoms with Crippen LogP contribution in [0.5, 0.6) is 0 Å². The molecule has 0 bridgehead atoms. The highest BCUT2D eigenvalue weighted by Gasteiger charge is 2.18. The number of rotatable bonds is 6. The molecular weight excluding hydrogens is 291 g/mol. The number of halogens is 2. The molecule has 0 saturated carbocycles. The molecule has 0 aliphatic carbocycles. The van der Waals surface area contributed by atoms with Crippen molar-refractivity contribution in [3.8, 4) is 0 Å². The molecule has 2 rings (SSSR count). The van der Waals surface area contributed by atoms with Crippen LogP contribution in [0, 0.1) is 5.92 Å². The second-order valence-electron chi connectivity index (χ2n) is 5.10. The van der Waals surface area contributed by atoms with Crippen molar-refractivity contribution in [1.29, 1.82) is 0 Å². The first-order valence-electron chi connectivity index (χ1n) is 6.95. The first-order valence-corrected chi connectivity index (χ1v) is 7.87. The van der Waals surface area contributed by atoms with Gasteiger partial charge >= 0.3 is 0 Å². The highest BCUT2D eigenvalue weighted by Crippen LogP contribution is 2.25. The van der Waals surface area contributed by atoms with Crippen LogP contribution in [0.2, 0.25) is 5.02 Å². The molecule has 1 aromatic heterocycles. The number of aromatic nitrogens is 2. The van der Waals surface area contributed by atoms with Crippen LogP contribution in [-0.4, -0.2) is 15.7 Å². The maximum absolute atomic E-state index is 6.41. The van der Waals surface area contributed by atoms with Crippen LogP contribution in [0.3, 0.4) is 0 Å². The monoisotopic (exact) mass is 310 g/mol. The quantitative estimate of drug-likeness (QED) is 0.728. The molecule has 1 atom stereocenters. The third-order valence-corrected chi connectivity index (χ3v) is 4.44. The topological polar surface area (TPSA) is 17.8 Å². The average molecular weight is 311 g/mol. The minimum Gasteiger partial charge on any atom is -0.271 e. The summed E-state index contributed by atoms with van der Waals surface area (Å²) in [6.07, 6.45) is 2.69. The summed E-state index contributed by atoms with van der Waals surface area (Å²) in [4.78, 5) is 0. The molecule has 2 aromatic rings. The fraction of sp³-hybridized carbons (Fsp3) is 0.438. The van der Waals surface area contributed by atoms with E-state index in [1.54, 1.807) is 0 Å². The Morgan fingerprint density at radius 3 is 2.45 bits per heavy atom. The fourth-order valence-corrected chi connectivity index (χ4v) is 3.03. The van der Waals surface area contributed by atoms with Crippen LogP contribution >= 0.6 is 23.2 Å². The summed E-state index contributed by atoms with van der Waals surface area (Å²) in [5, 5.41) is 5.27. The molecule has 1 heterocycles. The van der Waals surface area contributed by atoms with Crippen molar-refractivity contribution in [3.63, 3.8) is 0 Å². The van der Waals surface area contributed by atoms with E-state index >= 15 is 0 Å². The lowest BCUT2D eigenvalue weighted by Crippen LogP contribution is -2.13. The van der Waals surface area contributed by atoms with E-state index in [0.29, 0.717) is 11.8 Å². The molecule has 0 fully saturated rings. The zero-order valence-electron chi connectivity index (χ0n) is 11.9. The molecule has 1 unspecified atom stereocenters. The fourth-order valence-electron chi connectivity index (χ4n) is 2.44. The number of hydrogen-bond donors (Lipinski definition) is 0. The van der Waals surface area contributed by atoms with Gasteiger partial charge in [-0.15, -0.1) is 11.6 Å². The molecule has 108 valence electrons. The Hall–Kier alpha value is -0.990. The Labute approximate surface area is 130 Å². The van der Waals surface area contributed by atoms with Gasteiger partial charge in [0.15, 0.2) is 0 Å². The van der Waals surface area contributed by atoms with Gasteiger partial charge in [0.1, 0.15) is 0 Å². The third kappa shape index (κ3) is 3.56. The Kier molecular flexibility index (Phi) is 5.50. The molecule has 0 aliphatic heterocycles.